The van der Waals surface area contributed by atoms with Crippen LogP contribution in [0.15, 0.2) is 6.20 Å². The monoisotopic (exact) mass is 154 g/mol. The summed E-state index contributed by atoms with van der Waals surface area (Å²) in [6.07, 6.45) is 2.03. The summed E-state index contributed by atoms with van der Waals surface area (Å²) >= 11 is 0. The molecule has 0 aromatic carbocycles. The number of ether oxygens (including phenoxy) is 1. The van der Waals surface area contributed by atoms with Gasteiger partial charge in [-0.3, -0.25) is 4.68 Å². The van der Waals surface area contributed by atoms with Crippen molar-refractivity contribution < 1.29 is 4.74 Å². The second-order valence-electron chi connectivity index (χ2n) is 2.53. The van der Waals surface area contributed by atoms with Gasteiger partial charge >= 0.3 is 0 Å². The van der Waals surface area contributed by atoms with Gasteiger partial charge in [0.05, 0.1) is 12.3 Å². The third kappa shape index (κ3) is 1.80. The molecule has 0 saturated heterocycles. The van der Waals surface area contributed by atoms with E-state index in [1.807, 2.05) is 17.8 Å². The van der Waals surface area contributed by atoms with Crippen LogP contribution in [0.4, 0.5) is 0 Å². The molecule has 0 aliphatic rings. The average molecular weight is 154 g/mol. The van der Waals surface area contributed by atoms with Crippen molar-refractivity contribution in [2.24, 2.45) is 0 Å². The zero-order chi connectivity index (χ0) is 8.27. The van der Waals surface area contributed by atoms with Crippen LogP contribution in [0.2, 0.25) is 0 Å². The topological polar surface area (TPSA) is 27.1 Å². The van der Waals surface area contributed by atoms with Gasteiger partial charge in [0.15, 0.2) is 0 Å². The Morgan fingerprint density at radius 2 is 2.36 bits per heavy atom. The minimum Gasteiger partial charge on any atom is -0.380 e. The molecule has 0 bridgehead atoms. The average Bonchev–Trinajstić information content (AvgIpc) is 2.33. The molecule has 3 heteroatoms. The Morgan fingerprint density at radius 1 is 1.64 bits per heavy atom. The van der Waals surface area contributed by atoms with Crippen molar-refractivity contribution in [1.82, 2.24) is 9.78 Å². The Morgan fingerprint density at radius 3 is 2.82 bits per heavy atom. The largest absolute Gasteiger partial charge is 0.380 e. The molecule has 0 spiro atoms. The van der Waals surface area contributed by atoms with Crippen LogP contribution in [0.5, 0.6) is 0 Å². The summed E-state index contributed by atoms with van der Waals surface area (Å²) in [5.41, 5.74) is 2.24. The van der Waals surface area contributed by atoms with E-state index in [-0.39, 0.29) is 0 Å². The second kappa shape index (κ2) is 3.53. The van der Waals surface area contributed by atoms with Gasteiger partial charge in [-0.15, -0.1) is 0 Å². The first-order chi connectivity index (χ1) is 5.27. The third-order valence-corrected chi connectivity index (χ3v) is 1.67. The van der Waals surface area contributed by atoms with E-state index >= 15 is 0 Å². The zero-order valence-corrected chi connectivity index (χ0v) is 7.29. The quantitative estimate of drug-likeness (QED) is 0.657. The Balaban J connectivity index is 2.79. The fourth-order valence-electron chi connectivity index (χ4n) is 1.02. The number of aryl methyl sites for hydroxylation is 2. The third-order valence-electron chi connectivity index (χ3n) is 1.67. The molecule has 11 heavy (non-hydrogen) atoms. The number of rotatable bonds is 3. The Hall–Kier alpha value is -0.830. The number of aromatic nitrogens is 2. The standard InChI is InChI=1S/C8H14N2O/c1-4-10-5-8(6-11-3)7(2)9-10/h5H,4,6H2,1-3H3. The van der Waals surface area contributed by atoms with Crippen LogP contribution in [0.3, 0.4) is 0 Å². The normalized spacial score (nSPS) is 10.5. The maximum Gasteiger partial charge on any atom is 0.0746 e. The first-order valence-electron chi connectivity index (χ1n) is 3.79. The van der Waals surface area contributed by atoms with Gasteiger partial charge in [-0.1, -0.05) is 0 Å². The summed E-state index contributed by atoms with van der Waals surface area (Å²) in [5, 5.41) is 4.28. The first-order valence-corrected chi connectivity index (χ1v) is 3.79. The van der Waals surface area contributed by atoms with Gasteiger partial charge < -0.3 is 4.74 Å². The minimum atomic E-state index is 0.659. The van der Waals surface area contributed by atoms with E-state index in [0.717, 1.165) is 12.2 Å². The van der Waals surface area contributed by atoms with Crippen LogP contribution in [0.25, 0.3) is 0 Å². The van der Waals surface area contributed by atoms with E-state index in [2.05, 4.69) is 12.0 Å². The van der Waals surface area contributed by atoms with Crippen LogP contribution in [-0.4, -0.2) is 16.9 Å². The van der Waals surface area contributed by atoms with Gasteiger partial charge in [0.1, 0.15) is 0 Å². The highest BCUT2D eigenvalue weighted by atomic mass is 16.5. The highest BCUT2D eigenvalue weighted by Crippen LogP contribution is 2.05. The van der Waals surface area contributed by atoms with Crippen LogP contribution in [0.1, 0.15) is 18.2 Å². The van der Waals surface area contributed by atoms with Gasteiger partial charge in [-0.05, 0) is 13.8 Å². The molecule has 1 rings (SSSR count). The van der Waals surface area contributed by atoms with Gasteiger partial charge in [0.25, 0.3) is 0 Å². The van der Waals surface area contributed by atoms with Gasteiger partial charge in [-0.25, -0.2) is 0 Å². The van der Waals surface area contributed by atoms with E-state index in [1.165, 1.54) is 5.56 Å². The molecule has 1 aromatic rings. The van der Waals surface area contributed by atoms with E-state index in [4.69, 9.17) is 4.74 Å². The highest BCUT2D eigenvalue weighted by molar-refractivity contribution is 5.13. The molecule has 0 unspecified atom stereocenters. The van der Waals surface area contributed by atoms with Crippen LogP contribution < -0.4 is 0 Å². The summed E-state index contributed by atoms with van der Waals surface area (Å²) in [7, 11) is 1.70. The van der Waals surface area contributed by atoms with E-state index in [0.29, 0.717) is 6.61 Å². The summed E-state index contributed by atoms with van der Waals surface area (Å²) < 4.78 is 6.93. The maximum absolute atomic E-state index is 5.01. The number of hydrogen-bond acceptors (Lipinski definition) is 2. The van der Waals surface area contributed by atoms with E-state index in [1.54, 1.807) is 7.11 Å². The fraction of sp³-hybridized carbons (Fsp3) is 0.625. The minimum absolute atomic E-state index is 0.659. The SMILES string of the molecule is CCn1cc(COC)c(C)n1. The van der Waals surface area contributed by atoms with Gasteiger partial charge in [-0.2, -0.15) is 5.10 Å². The maximum atomic E-state index is 5.01. The highest BCUT2D eigenvalue weighted by Gasteiger charge is 2.01. The molecule has 0 N–H and O–H groups in total. The zero-order valence-electron chi connectivity index (χ0n) is 7.29. The van der Waals surface area contributed by atoms with Crippen LogP contribution in [0, 0.1) is 6.92 Å². The van der Waals surface area contributed by atoms with E-state index in [9.17, 15) is 0 Å². The second-order valence-corrected chi connectivity index (χ2v) is 2.53. The molecule has 62 valence electrons. The molecule has 0 atom stereocenters. The molecule has 0 radical (unpaired) electrons. The molecule has 0 fully saturated rings. The summed E-state index contributed by atoms with van der Waals surface area (Å²) in [5.74, 6) is 0. The molecule has 1 aromatic heterocycles. The lowest BCUT2D eigenvalue weighted by atomic mass is 10.3. The van der Waals surface area contributed by atoms with Crippen molar-refractivity contribution in [2.75, 3.05) is 7.11 Å². The Kier molecular flexibility index (Phi) is 2.65. The molecular weight excluding hydrogens is 140 g/mol. The van der Waals surface area contributed by atoms with Crippen molar-refractivity contribution in [1.29, 1.82) is 0 Å². The number of methoxy groups -OCH3 is 1. The van der Waals surface area contributed by atoms with Crippen molar-refractivity contribution >= 4 is 0 Å². The molecule has 0 aliphatic carbocycles. The molecule has 0 amide bonds. The molecule has 0 saturated carbocycles. The first kappa shape index (κ1) is 8.27. The number of hydrogen-bond donors (Lipinski definition) is 0. The van der Waals surface area contributed by atoms with Crippen LogP contribution >= 0.6 is 0 Å². The lowest BCUT2D eigenvalue weighted by Gasteiger charge is -1.93. The van der Waals surface area contributed by atoms with Crippen molar-refractivity contribution in [2.45, 2.75) is 27.0 Å². The van der Waals surface area contributed by atoms with E-state index < -0.39 is 0 Å². The van der Waals surface area contributed by atoms with Crippen molar-refractivity contribution in [3.8, 4) is 0 Å². The lowest BCUT2D eigenvalue weighted by molar-refractivity contribution is 0.184. The summed E-state index contributed by atoms with van der Waals surface area (Å²) in [6.45, 7) is 5.65. The van der Waals surface area contributed by atoms with Gasteiger partial charge in [0, 0.05) is 25.4 Å². The molecular formula is C8H14N2O. The predicted octanol–water partition coefficient (Wildman–Crippen LogP) is 1.36. The van der Waals surface area contributed by atoms with Crippen molar-refractivity contribution in [3.63, 3.8) is 0 Å². The fourth-order valence-corrected chi connectivity index (χ4v) is 1.02. The molecule has 0 aliphatic heterocycles. The molecule has 1 heterocycles. The number of nitrogens with zero attached hydrogens (tertiary/aromatic N) is 2. The van der Waals surface area contributed by atoms with Gasteiger partial charge in [0.2, 0.25) is 0 Å². The molecule has 3 nitrogen and oxygen atoms in total. The predicted molar refractivity (Wildman–Crippen MR) is 43.4 cm³/mol. The lowest BCUT2D eigenvalue weighted by Crippen LogP contribution is -1.93. The summed E-state index contributed by atoms with van der Waals surface area (Å²) in [4.78, 5) is 0. The Labute approximate surface area is 67.0 Å². The Bertz CT molecular complexity index is 230. The van der Waals surface area contributed by atoms with Crippen molar-refractivity contribution in [3.05, 3.63) is 17.5 Å². The van der Waals surface area contributed by atoms with Crippen LogP contribution in [-0.2, 0) is 17.9 Å². The summed E-state index contributed by atoms with van der Waals surface area (Å²) in [6, 6.07) is 0. The smallest absolute Gasteiger partial charge is 0.0746 e.